The molecule has 98 valence electrons. The lowest BCUT2D eigenvalue weighted by Crippen LogP contribution is -2.32. The van der Waals surface area contributed by atoms with Crippen molar-refractivity contribution in [1.29, 1.82) is 0 Å². The first-order valence-electron chi connectivity index (χ1n) is 5.97. The molecule has 0 aliphatic carbocycles. The number of hydrogen-bond donors (Lipinski definition) is 2. The number of methoxy groups -OCH3 is 1. The van der Waals surface area contributed by atoms with E-state index in [0.717, 1.165) is 30.7 Å². The first-order valence-corrected chi connectivity index (χ1v) is 6.38. The van der Waals surface area contributed by atoms with Crippen molar-refractivity contribution in [2.45, 2.75) is 19.8 Å². The van der Waals surface area contributed by atoms with Crippen molar-refractivity contribution >= 4 is 23.5 Å². The third-order valence-corrected chi connectivity index (χ3v) is 2.53. The molecule has 0 radical (unpaired) electrons. The third-order valence-electron chi connectivity index (χ3n) is 2.29. The fourth-order valence-electron chi connectivity index (χ4n) is 1.31. The molecule has 1 aromatic rings. The molecule has 5 heteroatoms. The molecule has 0 atom stereocenters. The fraction of sp³-hybridized carbons (Fsp3) is 0.385. The van der Waals surface area contributed by atoms with Gasteiger partial charge in [0, 0.05) is 6.54 Å². The summed E-state index contributed by atoms with van der Waals surface area (Å²) in [7, 11) is 1.64. The predicted molar refractivity (Wildman–Crippen MR) is 79.2 cm³/mol. The van der Waals surface area contributed by atoms with Gasteiger partial charge < -0.3 is 10.1 Å². The molecule has 0 fully saturated rings. The van der Waals surface area contributed by atoms with Gasteiger partial charge in [0.05, 0.1) is 13.3 Å². The molecule has 0 unspecified atom stereocenters. The number of nitrogens with zero attached hydrogens (tertiary/aromatic N) is 1. The average molecular weight is 265 g/mol. The van der Waals surface area contributed by atoms with E-state index < -0.39 is 0 Å². The summed E-state index contributed by atoms with van der Waals surface area (Å²) in [5, 5.41) is 7.68. The first kappa shape index (κ1) is 14.4. The number of nitrogens with one attached hydrogen (secondary N) is 2. The molecule has 0 aromatic heterocycles. The monoisotopic (exact) mass is 265 g/mol. The Hall–Kier alpha value is -1.62. The van der Waals surface area contributed by atoms with E-state index in [9.17, 15) is 0 Å². The van der Waals surface area contributed by atoms with Crippen LogP contribution in [0.1, 0.15) is 25.3 Å². The molecule has 0 bridgehead atoms. The second-order valence-corrected chi connectivity index (χ2v) is 4.16. The molecule has 0 spiro atoms. The number of rotatable bonds is 6. The van der Waals surface area contributed by atoms with Gasteiger partial charge in [0.15, 0.2) is 5.11 Å². The number of hydrogen-bond acceptors (Lipinski definition) is 3. The number of ether oxygens (including phenoxy) is 1. The van der Waals surface area contributed by atoms with Gasteiger partial charge in [-0.2, -0.15) is 5.10 Å². The quantitative estimate of drug-likeness (QED) is 0.358. The Labute approximate surface area is 113 Å². The summed E-state index contributed by atoms with van der Waals surface area (Å²) in [6.45, 7) is 3.01. The Balaban J connectivity index is 2.37. The van der Waals surface area contributed by atoms with Gasteiger partial charge in [0.25, 0.3) is 0 Å². The van der Waals surface area contributed by atoms with Crippen LogP contribution in [0, 0.1) is 0 Å². The lowest BCUT2D eigenvalue weighted by Gasteiger charge is -2.05. The van der Waals surface area contributed by atoms with E-state index in [1.54, 1.807) is 13.3 Å². The van der Waals surface area contributed by atoms with Crippen LogP contribution in [0.5, 0.6) is 5.75 Å². The molecule has 18 heavy (non-hydrogen) atoms. The molecule has 0 saturated heterocycles. The zero-order valence-electron chi connectivity index (χ0n) is 10.8. The Bertz CT molecular complexity index is 407. The second kappa shape index (κ2) is 8.47. The zero-order valence-corrected chi connectivity index (χ0v) is 11.6. The molecular formula is C13H19N3OS. The third kappa shape index (κ3) is 5.63. The largest absolute Gasteiger partial charge is 0.497 e. The standard InChI is InChI=1S/C13H19N3OS/c1-3-4-8-14-13(18)16-15-10-11-6-5-7-12(9-11)17-2/h5-7,9-10H,3-4,8H2,1-2H3,(H2,14,16,18)/b15-10-. The van der Waals surface area contributed by atoms with Crippen molar-refractivity contribution in [1.82, 2.24) is 10.7 Å². The first-order chi connectivity index (χ1) is 8.76. The van der Waals surface area contributed by atoms with Crippen LogP contribution >= 0.6 is 12.2 Å². The number of hydrazone groups is 1. The normalized spacial score (nSPS) is 10.3. The Morgan fingerprint density at radius 2 is 2.33 bits per heavy atom. The molecule has 1 aromatic carbocycles. The minimum atomic E-state index is 0.544. The average Bonchev–Trinajstić information content (AvgIpc) is 2.39. The topological polar surface area (TPSA) is 45.7 Å². The Morgan fingerprint density at radius 1 is 1.50 bits per heavy atom. The molecule has 0 aliphatic heterocycles. The van der Waals surface area contributed by atoms with E-state index in [2.05, 4.69) is 22.8 Å². The molecule has 1 rings (SSSR count). The molecule has 4 nitrogen and oxygen atoms in total. The minimum absolute atomic E-state index is 0.544. The van der Waals surface area contributed by atoms with E-state index in [0.29, 0.717) is 5.11 Å². The van der Waals surface area contributed by atoms with Gasteiger partial charge in [-0.3, -0.25) is 5.43 Å². The number of unbranched alkanes of at least 4 members (excludes halogenated alkanes) is 1. The van der Waals surface area contributed by atoms with Gasteiger partial charge >= 0.3 is 0 Å². The molecule has 0 aliphatic rings. The predicted octanol–water partition coefficient (Wildman–Crippen LogP) is 2.29. The van der Waals surface area contributed by atoms with Gasteiger partial charge in [-0.25, -0.2) is 0 Å². The van der Waals surface area contributed by atoms with Crippen LogP contribution in [0.25, 0.3) is 0 Å². The Morgan fingerprint density at radius 3 is 3.06 bits per heavy atom. The van der Waals surface area contributed by atoms with Crippen molar-refractivity contribution in [3.8, 4) is 5.75 Å². The molecule has 0 saturated carbocycles. The maximum absolute atomic E-state index is 5.13. The van der Waals surface area contributed by atoms with Crippen LogP contribution in [0.4, 0.5) is 0 Å². The summed E-state index contributed by atoms with van der Waals surface area (Å²) in [5.41, 5.74) is 3.73. The minimum Gasteiger partial charge on any atom is -0.497 e. The van der Waals surface area contributed by atoms with Crippen LogP contribution in [0.3, 0.4) is 0 Å². The van der Waals surface area contributed by atoms with E-state index in [1.165, 1.54) is 0 Å². The highest BCUT2D eigenvalue weighted by atomic mass is 32.1. The Kier molecular flexibility index (Phi) is 6.79. The molecule has 2 N–H and O–H groups in total. The summed E-state index contributed by atoms with van der Waals surface area (Å²) >= 11 is 5.07. The van der Waals surface area contributed by atoms with Crippen LogP contribution in [0.2, 0.25) is 0 Å². The van der Waals surface area contributed by atoms with E-state index >= 15 is 0 Å². The van der Waals surface area contributed by atoms with Gasteiger partial charge in [0.2, 0.25) is 0 Å². The highest BCUT2D eigenvalue weighted by molar-refractivity contribution is 7.80. The summed E-state index contributed by atoms with van der Waals surface area (Å²) < 4.78 is 5.13. The van der Waals surface area contributed by atoms with Gasteiger partial charge in [0.1, 0.15) is 5.75 Å². The zero-order chi connectivity index (χ0) is 13.2. The highest BCUT2D eigenvalue weighted by Crippen LogP contribution is 2.10. The lowest BCUT2D eigenvalue weighted by atomic mass is 10.2. The maximum atomic E-state index is 5.13. The number of thiocarbonyl (C=S) groups is 1. The summed E-state index contributed by atoms with van der Waals surface area (Å²) in [5.74, 6) is 0.808. The SMILES string of the molecule is CCCCNC(=S)N/N=C\c1cccc(OC)c1. The smallest absolute Gasteiger partial charge is 0.186 e. The molecule has 0 amide bonds. The van der Waals surface area contributed by atoms with Crippen molar-refractivity contribution < 1.29 is 4.74 Å². The van der Waals surface area contributed by atoms with Crippen molar-refractivity contribution in [3.63, 3.8) is 0 Å². The van der Waals surface area contributed by atoms with E-state index in [4.69, 9.17) is 17.0 Å². The summed E-state index contributed by atoms with van der Waals surface area (Å²) in [4.78, 5) is 0. The van der Waals surface area contributed by atoms with Crippen molar-refractivity contribution in [2.24, 2.45) is 5.10 Å². The van der Waals surface area contributed by atoms with Crippen LogP contribution < -0.4 is 15.5 Å². The van der Waals surface area contributed by atoms with Gasteiger partial charge in [-0.1, -0.05) is 25.5 Å². The van der Waals surface area contributed by atoms with E-state index in [-0.39, 0.29) is 0 Å². The second-order valence-electron chi connectivity index (χ2n) is 3.76. The number of benzene rings is 1. The van der Waals surface area contributed by atoms with Crippen molar-refractivity contribution in [2.75, 3.05) is 13.7 Å². The fourth-order valence-corrected chi connectivity index (χ4v) is 1.46. The van der Waals surface area contributed by atoms with Crippen LogP contribution in [-0.2, 0) is 0 Å². The summed E-state index contributed by atoms with van der Waals surface area (Å²) in [6.07, 6.45) is 3.94. The molecular weight excluding hydrogens is 246 g/mol. The van der Waals surface area contributed by atoms with Gasteiger partial charge in [-0.05, 0) is 36.3 Å². The van der Waals surface area contributed by atoms with E-state index in [1.807, 2.05) is 24.3 Å². The van der Waals surface area contributed by atoms with Gasteiger partial charge in [-0.15, -0.1) is 0 Å². The highest BCUT2D eigenvalue weighted by Gasteiger charge is 1.93. The maximum Gasteiger partial charge on any atom is 0.186 e. The summed E-state index contributed by atoms with van der Waals surface area (Å²) in [6, 6.07) is 7.65. The van der Waals surface area contributed by atoms with Crippen molar-refractivity contribution in [3.05, 3.63) is 29.8 Å². The lowest BCUT2D eigenvalue weighted by molar-refractivity contribution is 0.415. The van der Waals surface area contributed by atoms with Crippen LogP contribution in [0.15, 0.2) is 29.4 Å². The molecule has 0 heterocycles. The van der Waals surface area contributed by atoms with Crippen LogP contribution in [-0.4, -0.2) is 25.0 Å².